The Hall–Kier alpha value is 0.0900. The monoisotopic (exact) mass is 367 g/mol. The van der Waals surface area contributed by atoms with E-state index in [2.05, 4.69) is 31.9 Å². The van der Waals surface area contributed by atoms with Crippen molar-refractivity contribution in [2.75, 3.05) is 20.2 Å². The van der Waals surface area contributed by atoms with E-state index in [0.29, 0.717) is 6.54 Å². The van der Waals surface area contributed by atoms with Crippen molar-refractivity contribution in [1.82, 2.24) is 4.90 Å². The van der Waals surface area contributed by atoms with Crippen molar-refractivity contribution in [2.24, 2.45) is 0 Å². The molecule has 16 heavy (non-hydrogen) atoms. The zero-order valence-corrected chi connectivity index (χ0v) is 12.7. The highest BCUT2D eigenvalue weighted by Gasteiger charge is 2.27. The van der Waals surface area contributed by atoms with E-state index >= 15 is 0 Å². The second-order valence-corrected chi connectivity index (χ2v) is 6.85. The average Bonchev–Trinajstić information content (AvgIpc) is 2.86. The molecule has 0 spiro atoms. The van der Waals surface area contributed by atoms with Gasteiger partial charge in [0.2, 0.25) is 0 Å². The Kier molecular flexibility index (Phi) is 4.05. The summed E-state index contributed by atoms with van der Waals surface area (Å²) in [5, 5.41) is 0. The molecule has 6 heteroatoms. The fourth-order valence-electron chi connectivity index (χ4n) is 1.71. The Morgan fingerprint density at radius 1 is 1.62 bits per heavy atom. The maximum Gasteiger partial charge on any atom is 0.264 e. The van der Waals surface area contributed by atoms with Gasteiger partial charge in [0.1, 0.15) is 0 Å². The van der Waals surface area contributed by atoms with Gasteiger partial charge in [-0.3, -0.25) is 4.79 Å². The topological polar surface area (TPSA) is 29.5 Å². The van der Waals surface area contributed by atoms with Crippen molar-refractivity contribution < 1.29 is 9.53 Å². The average molecular weight is 369 g/mol. The number of halogens is 2. The minimum atomic E-state index is 0.0935. The number of ether oxygens (including phenoxy) is 1. The summed E-state index contributed by atoms with van der Waals surface area (Å²) in [4.78, 5) is 14.7. The molecule has 0 aliphatic carbocycles. The second-order valence-electron chi connectivity index (χ2n) is 3.63. The fraction of sp³-hybridized carbons (Fsp3) is 0.500. The number of thiophene rings is 1. The molecular weight excluding hydrogens is 358 g/mol. The van der Waals surface area contributed by atoms with Crippen LogP contribution < -0.4 is 0 Å². The molecule has 0 aromatic carbocycles. The number of nitrogens with zero attached hydrogens (tertiary/aromatic N) is 1. The summed E-state index contributed by atoms with van der Waals surface area (Å²) in [6.07, 6.45) is 1.12. The number of amides is 1. The SMILES string of the molecule is COC1CCN(C(=O)c2cc(Br)c(Br)s2)C1. The molecule has 1 aliphatic heterocycles. The van der Waals surface area contributed by atoms with Gasteiger partial charge in [0.15, 0.2) is 0 Å². The summed E-state index contributed by atoms with van der Waals surface area (Å²) in [6.45, 7) is 1.48. The normalized spacial score (nSPS) is 20.4. The molecule has 88 valence electrons. The lowest BCUT2D eigenvalue weighted by Crippen LogP contribution is -2.29. The van der Waals surface area contributed by atoms with Gasteiger partial charge in [0, 0.05) is 24.7 Å². The molecule has 1 aliphatic rings. The van der Waals surface area contributed by atoms with E-state index in [0.717, 1.165) is 26.1 Å². The Morgan fingerprint density at radius 3 is 2.88 bits per heavy atom. The van der Waals surface area contributed by atoms with E-state index in [1.165, 1.54) is 11.3 Å². The van der Waals surface area contributed by atoms with Crippen LogP contribution in [0.3, 0.4) is 0 Å². The standard InChI is InChI=1S/C10H11Br2NO2S/c1-15-6-2-3-13(5-6)10(14)8-4-7(11)9(12)16-8/h4,6H,2-3,5H2,1H3. The largest absolute Gasteiger partial charge is 0.380 e. The number of hydrogen-bond acceptors (Lipinski definition) is 3. The van der Waals surface area contributed by atoms with Crippen LogP contribution in [0.25, 0.3) is 0 Å². The first-order valence-corrected chi connectivity index (χ1v) is 7.29. The van der Waals surface area contributed by atoms with Gasteiger partial charge in [0.25, 0.3) is 5.91 Å². The van der Waals surface area contributed by atoms with Crippen LogP contribution in [0.5, 0.6) is 0 Å². The van der Waals surface area contributed by atoms with Crippen LogP contribution in [0, 0.1) is 0 Å². The first-order valence-electron chi connectivity index (χ1n) is 4.88. The molecule has 1 atom stereocenters. The van der Waals surface area contributed by atoms with Crippen molar-refractivity contribution in [3.05, 3.63) is 19.2 Å². The second kappa shape index (κ2) is 5.16. The quantitative estimate of drug-likeness (QED) is 0.802. The van der Waals surface area contributed by atoms with Crippen molar-refractivity contribution in [3.63, 3.8) is 0 Å². The van der Waals surface area contributed by atoms with E-state index in [1.807, 2.05) is 11.0 Å². The third-order valence-corrected chi connectivity index (χ3v) is 5.87. The van der Waals surface area contributed by atoms with Gasteiger partial charge in [-0.15, -0.1) is 11.3 Å². The number of carbonyl (C=O) groups is 1. The summed E-state index contributed by atoms with van der Waals surface area (Å²) in [5.74, 6) is 0.0935. The molecule has 0 saturated carbocycles. The third kappa shape index (κ3) is 2.50. The van der Waals surface area contributed by atoms with Gasteiger partial charge < -0.3 is 9.64 Å². The summed E-state index contributed by atoms with van der Waals surface area (Å²) in [5.41, 5.74) is 0. The van der Waals surface area contributed by atoms with Crippen LogP contribution in [0.2, 0.25) is 0 Å². The van der Waals surface area contributed by atoms with Gasteiger partial charge in [-0.25, -0.2) is 0 Å². The number of carbonyl (C=O) groups excluding carboxylic acids is 1. The van der Waals surface area contributed by atoms with Crippen LogP contribution in [-0.4, -0.2) is 37.1 Å². The highest BCUT2D eigenvalue weighted by Crippen LogP contribution is 2.33. The molecule has 1 aromatic heterocycles. The first-order chi connectivity index (χ1) is 7.61. The molecule has 1 aromatic rings. The van der Waals surface area contributed by atoms with E-state index < -0.39 is 0 Å². The van der Waals surface area contributed by atoms with Crippen LogP contribution in [0.15, 0.2) is 14.3 Å². The Bertz CT molecular complexity index is 388. The summed E-state index contributed by atoms with van der Waals surface area (Å²) in [7, 11) is 1.69. The zero-order valence-electron chi connectivity index (χ0n) is 8.70. The number of methoxy groups -OCH3 is 1. The lowest BCUT2D eigenvalue weighted by Gasteiger charge is -2.14. The van der Waals surface area contributed by atoms with Crippen molar-refractivity contribution in [1.29, 1.82) is 0 Å². The van der Waals surface area contributed by atoms with Gasteiger partial charge in [-0.05, 0) is 44.3 Å². The molecule has 1 saturated heterocycles. The molecule has 3 nitrogen and oxygen atoms in total. The third-order valence-electron chi connectivity index (χ3n) is 2.62. The lowest BCUT2D eigenvalue weighted by molar-refractivity contribution is 0.0728. The minimum absolute atomic E-state index is 0.0935. The minimum Gasteiger partial charge on any atom is -0.380 e. The van der Waals surface area contributed by atoms with Crippen LogP contribution in [0.4, 0.5) is 0 Å². The van der Waals surface area contributed by atoms with Crippen molar-refractivity contribution in [3.8, 4) is 0 Å². The van der Waals surface area contributed by atoms with Gasteiger partial charge >= 0.3 is 0 Å². The highest BCUT2D eigenvalue weighted by atomic mass is 79.9. The molecule has 1 fully saturated rings. The molecule has 2 rings (SSSR count). The Balaban J connectivity index is 2.08. The van der Waals surface area contributed by atoms with Crippen LogP contribution in [0.1, 0.15) is 16.1 Å². The molecule has 1 amide bonds. The molecular formula is C10H11Br2NO2S. The van der Waals surface area contributed by atoms with Crippen molar-refractivity contribution >= 4 is 49.1 Å². The Labute approximate surface area is 115 Å². The van der Waals surface area contributed by atoms with E-state index in [1.54, 1.807) is 7.11 Å². The fourth-order valence-corrected chi connectivity index (χ4v) is 3.72. The molecule has 0 radical (unpaired) electrons. The van der Waals surface area contributed by atoms with Crippen molar-refractivity contribution in [2.45, 2.75) is 12.5 Å². The maximum absolute atomic E-state index is 12.1. The van der Waals surface area contributed by atoms with E-state index in [9.17, 15) is 4.79 Å². The predicted octanol–water partition coefficient (Wildman–Crippen LogP) is 3.13. The van der Waals surface area contributed by atoms with Gasteiger partial charge in [0.05, 0.1) is 14.8 Å². The van der Waals surface area contributed by atoms with E-state index in [4.69, 9.17) is 4.74 Å². The number of rotatable bonds is 2. The summed E-state index contributed by atoms with van der Waals surface area (Å²) >= 11 is 8.24. The number of likely N-dealkylation sites (tertiary alicyclic amines) is 1. The first kappa shape index (κ1) is 12.5. The van der Waals surface area contributed by atoms with Crippen LogP contribution in [-0.2, 0) is 4.74 Å². The molecule has 0 bridgehead atoms. The van der Waals surface area contributed by atoms with Crippen LogP contribution >= 0.6 is 43.2 Å². The smallest absolute Gasteiger partial charge is 0.264 e. The summed E-state index contributed by atoms with van der Waals surface area (Å²) < 4.78 is 7.14. The molecule has 2 heterocycles. The van der Waals surface area contributed by atoms with E-state index in [-0.39, 0.29) is 12.0 Å². The Morgan fingerprint density at radius 2 is 2.38 bits per heavy atom. The molecule has 1 unspecified atom stereocenters. The summed E-state index contributed by atoms with van der Waals surface area (Å²) in [6, 6.07) is 1.86. The predicted molar refractivity (Wildman–Crippen MR) is 71.0 cm³/mol. The zero-order chi connectivity index (χ0) is 11.7. The van der Waals surface area contributed by atoms with Gasteiger partial charge in [-0.2, -0.15) is 0 Å². The number of hydrogen-bond donors (Lipinski definition) is 0. The van der Waals surface area contributed by atoms with Gasteiger partial charge in [-0.1, -0.05) is 0 Å². The maximum atomic E-state index is 12.1. The highest BCUT2D eigenvalue weighted by molar-refractivity contribution is 9.13. The molecule has 0 N–H and O–H groups in total. The lowest BCUT2D eigenvalue weighted by atomic mass is 10.3.